The molecule has 0 unspecified atom stereocenters. The van der Waals surface area contributed by atoms with Gasteiger partial charge in [0.15, 0.2) is 9.84 Å². The minimum atomic E-state index is -3.32. The molecular weight excluding hydrogens is 333 g/mol. The Morgan fingerprint density at radius 1 is 1.33 bits per heavy atom. The summed E-state index contributed by atoms with van der Waals surface area (Å²) in [6.07, 6.45) is 3.12. The minimum Gasteiger partial charge on any atom is -0.351 e. The smallest absolute Gasteiger partial charge is 0.251 e. The molecule has 1 aromatic carbocycles. The van der Waals surface area contributed by atoms with E-state index in [0.29, 0.717) is 0 Å². The van der Waals surface area contributed by atoms with E-state index in [4.69, 9.17) is 0 Å². The summed E-state index contributed by atoms with van der Waals surface area (Å²) in [6, 6.07) is 5.68. The van der Waals surface area contributed by atoms with Gasteiger partial charge < -0.3 is 5.32 Å². The SMILES string of the molecule is CC(C)(C)S(=O)(=O)CCNC(=O)c1ccc(-n2cccn2)c(F)c1. The van der Waals surface area contributed by atoms with Gasteiger partial charge in [-0.25, -0.2) is 17.5 Å². The van der Waals surface area contributed by atoms with Crippen LogP contribution in [0.5, 0.6) is 0 Å². The lowest BCUT2D eigenvalue weighted by molar-refractivity contribution is 0.0955. The van der Waals surface area contributed by atoms with Gasteiger partial charge in [-0.05, 0) is 45.0 Å². The average Bonchev–Trinajstić information content (AvgIpc) is 2.99. The number of hydrogen-bond donors (Lipinski definition) is 1. The van der Waals surface area contributed by atoms with Gasteiger partial charge in [-0.1, -0.05) is 0 Å². The van der Waals surface area contributed by atoms with Gasteiger partial charge in [0.25, 0.3) is 5.91 Å². The van der Waals surface area contributed by atoms with Crippen molar-refractivity contribution in [1.82, 2.24) is 15.1 Å². The molecule has 8 heteroatoms. The standard InChI is InChI=1S/C16H20FN3O3S/c1-16(2,3)24(22,23)10-8-18-15(21)12-5-6-14(13(17)11-12)20-9-4-7-19-20/h4-7,9,11H,8,10H2,1-3H3,(H,18,21). The Hall–Kier alpha value is -2.22. The Morgan fingerprint density at radius 3 is 2.58 bits per heavy atom. The van der Waals surface area contributed by atoms with Crippen molar-refractivity contribution < 1.29 is 17.6 Å². The normalized spacial score (nSPS) is 12.2. The summed E-state index contributed by atoms with van der Waals surface area (Å²) in [6.45, 7) is 4.79. The van der Waals surface area contributed by atoms with Gasteiger partial charge in [0, 0.05) is 24.5 Å². The van der Waals surface area contributed by atoms with Crippen LogP contribution in [-0.2, 0) is 9.84 Å². The van der Waals surface area contributed by atoms with E-state index in [1.807, 2.05) is 0 Å². The number of rotatable bonds is 5. The number of amides is 1. The van der Waals surface area contributed by atoms with Crippen LogP contribution < -0.4 is 5.32 Å². The Morgan fingerprint density at radius 2 is 2.04 bits per heavy atom. The monoisotopic (exact) mass is 353 g/mol. The zero-order chi connectivity index (χ0) is 18.0. The van der Waals surface area contributed by atoms with E-state index in [1.165, 1.54) is 23.0 Å². The average molecular weight is 353 g/mol. The summed E-state index contributed by atoms with van der Waals surface area (Å²) in [5.74, 6) is -1.28. The molecule has 0 bridgehead atoms. The fraction of sp³-hybridized carbons (Fsp3) is 0.375. The summed E-state index contributed by atoms with van der Waals surface area (Å²) in [7, 11) is -3.32. The molecular formula is C16H20FN3O3S. The van der Waals surface area contributed by atoms with Crippen molar-refractivity contribution in [3.8, 4) is 5.69 Å². The van der Waals surface area contributed by atoms with Crippen LogP contribution in [0.4, 0.5) is 4.39 Å². The molecule has 24 heavy (non-hydrogen) atoms. The van der Waals surface area contributed by atoms with Crippen molar-refractivity contribution in [3.63, 3.8) is 0 Å². The van der Waals surface area contributed by atoms with Crippen LogP contribution in [0, 0.1) is 5.82 Å². The van der Waals surface area contributed by atoms with Gasteiger partial charge in [-0.3, -0.25) is 4.79 Å². The topological polar surface area (TPSA) is 81.1 Å². The first kappa shape index (κ1) is 18.1. The van der Waals surface area contributed by atoms with Crippen LogP contribution in [0.2, 0.25) is 0 Å². The van der Waals surface area contributed by atoms with Gasteiger partial charge in [0.2, 0.25) is 0 Å². The highest BCUT2D eigenvalue weighted by Gasteiger charge is 2.28. The largest absolute Gasteiger partial charge is 0.351 e. The van der Waals surface area contributed by atoms with Gasteiger partial charge in [0.1, 0.15) is 11.5 Å². The van der Waals surface area contributed by atoms with E-state index in [1.54, 1.807) is 33.0 Å². The Balaban J connectivity index is 2.02. The van der Waals surface area contributed by atoms with Crippen LogP contribution >= 0.6 is 0 Å². The molecule has 0 radical (unpaired) electrons. The summed E-state index contributed by atoms with van der Waals surface area (Å²) < 4.78 is 38.5. The van der Waals surface area contributed by atoms with Gasteiger partial charge in [-0.15, -0.1) is 0 Å². The Labute approximate surface area is 140 Å². The molecule has 1 N–H and O–H groups in total. The highest BCUT2D eigenvalue weighted by Crippen LogP contribution is 2.16. The number of hydrogen-bond acceptors (Lipinski definition) is 4. The predicted octanol–water partition coefficient (Wildman–Crippen LogP) is 1.95. The second-order valence-electron chi connectivity index (χ2n) is 6.30. The van der Waals surface area contributed by atoms with E-state index in [2.05, 4.69) is 10.4 Å². The molecule has 0 saturated carbocycles. The van der Waals surface area contributed by atoms with E-state index >= 15 is 0 Å². The Bertz CT molecular complexity index is 825. The maximum Gasteiger partial charge on any atom is 0.251 e. The zero-order valence-corrected chi connectivity index (χ0v) is 14.6. The fourth-order valence-corrected chi connectivity index (χ4v) is 2.94. The van der Waals surface area contributed by atoms with Crippen LogP contribution in [0.3, 0.4) is 0 Å². The molecule has 0 spiro atoms. The number of benzene rings is 1. The summed E-state index contributed by atoms with van der Waals surface area (Å²) in [5, 5.41) is 6.43. The number of nitrogens with zero attached hydrogens (tertiary/aromatic N) is 2. The quantitative estimate of drug-likeness (QED) is 0.891. The van der Waals surface area contributed by atoms with Crippen LogP contribution in [0.1, 0.15) is 31.1 Å². The van der Waals surface area contributed by atoms with Crippen molar-refractivity contribution in [2.75, 3.05) is 12.3 Å². The molecule has 130 valence electrons. The highest BCUT2D eigenvalue weighted by molar-refractivity contribution is 7.92. The number of sulfone groups is 1. The highest BCUT2D eigenvalue weighted by atomic mass is 32.2. The first-order valence-corrected chi connectivity index (χ1v) is 9.07. The lowest BCUT2D eigenvalue weighted by Crippen LogP contribution is -2.36. The van der Waals surface area contributed by atoms with E-state index < -0.39 is 26.3 Å². The maximum atomic E-state index is 14.1. The number of carbonyl (C=O) groups is 1. The first-order valence-electron chi connectivity index (χ1n) is 7.42. The minimum absolute atomic E-state index is 0.0268. The van der Waals surface area contributed by atoms with Crippen LogP contribution in [0.15, 0.2) is 36.7 Å². The second kappa shape index (κ2) is 6.72. The van der Waals surface area contributed by atoms with Crippen molar-refractivity contribution in [2.45, 2.75) is 25.5 Å². The molecule has 0 aliphatic heterocycles. The molecule has 6 nitrogen and oxygen atoms in total. The number of aromatic nitrogens is 2. The number of carbonyl (C=O) groups excluding carboxylic acids is 1. The molecule has 2 aromatic rings. The molecule has 0 fully saturated rings. The van der Waals surface area contributed by atoms with Crippen LogP contribution in [-0.4, -0.2) is 41.2 Å². The molecule has 1 heterocycles. The number of halogens is 1. The summed E-state index contributed by atoms with van der Waals surface area (Å²) in [4.78, 5) is 12.0. The lowest BCUT2D eigenvalue weighted by Gasteiger charge is -2.19. The Kier molecular flexibility index (Phi) is 5.08. The van der Waals surface area contributed by atoms with Crippen molar-refractivity contribution in [3.05, 3.63) is 48.0 Å². The van der Waals surface area contributed by atoms with Gasteiger partial charge >= 0.3 is 0 Å². The van der Waals surface area contributed by atoms with Gasteiger partial charge in [-0.2, -0.15) is 5.10 Å². The first-order chi connectivity index (χ1) is 11.1. The van der Waals surface area contributed by atoms with E-state index in [9.17, 15) is 17.6 Å². The summed E-state index contributed by atoms with van der Waals surface area (Å²) in [5.41, 5.74) is 0.350. The van der Waals surface area contributed by atoms with E-state index in [0.717, 1.165) is 6.07 Å². The van der Waals surface area contributed by atoms with Gasteiger partial charge in [0.05, 0.1) is 10.5 Å². The third-order valence-electron chi connectivity index (χ3n) is 3.55. The number of nitrogens with one attached hydrogen (secondary N) is 1. The molecule has 0 aliphatic rings. The zero-order valence-electron chi connectivity index (χ0n) is 13.8. The van der Waals surface area contributed by atoms with Crippen LogP contribution in [0.25, 0.3) is 5.69 Å². The maximum absolute atomic E-state index is 14.1. The third kappa shape index (κ3) is 4.00. The third-order valence-corrected chi connectivity index (χ3v) is 6.16. The fourth-order valence-electron chi connectivity index (χ4n) is 1.95. The summed E-state index contributed by atoms with van der Waals surface area (Å²) >= 11 is 0. The van der Waals surface area contributed by atoms with Crippen molar-refractivity contribution >= 4 is 15.7 Å². The van der Waals surface area contributed by atoms with Crippen molar-refractivity contribution in [1.29, 1.82) is 0 Å². The molecule has 2 rings (SSSR count). The molecule has 0 aliphatic carbocycles. The lowest BCUT2D eigenvalue weighted by atomic mass is 10.2. The molecule has 1 aromatic heterocycles. The predicted molar refractivity (Wildman–Crippen MR) is 89.4 cm³/mol. The van der Waals surface area contributed by atoms with Crippen molar-refractivity contribution in [2.24, 2.45) is 0 Å². The second-order valence-corrected chi connectivity index (χ2v) is 9.17. The molecule has 0 saturated heterocycles. The van der Waals surface area contributed by atoms with E-state index in [-0.39, 0.29) is 23.5 Å². The molecule has 0 atom stereocenters. The molecule has 1 amide bonds.